The molecular formula is C20H22ClN3O. The van der Waals surface area contributed by atoms with E-state index in [-0.39, 0.29) is 5.78 Å². The quantitative estimate of drug-likeness (QED) is 0.608. The van der Waals surface area contributed by atoms with Crippen molar-refractivity contribution in [2.24, 2.45) is 4.99 Å². The van der Waals surface area contributed by atoms with Crippen LogP contribution in [0, 0.1) is 0 Å². The summed E-state index contributed by atoms with van der Waals surface area (Å²) in [5.74, 6) is 0.165. The molecule has 0 aliphatic carbocycles. The largest absolute Gasteiger partial charge is 0.304 e. The first-order chi connectivity index (χ1) is 12.1. The summed E-state index contributed by atoms with van der Waals surface area (Å²) in [6.07, 6.45) is 1.79. The molecule has 0 unspecified atom stereocenters. The van der Waals surface area contributed by atoms with Crippen LogP contribution in [0.4, 0.5) is 5.69 Å². The number of hydrogen-bond donors (Lipinski definition) is 0. The number of piperazine rings is 1. The van der Waals surface area contributed by atoms with Crippen molar-refractivity contribution in [1.82, 2.24) is 9.80 Å². The molecule has 1 fully saturated rings. The lowest BCUT2D eigenvalue weighted by atomic mass is 10.1. The minimum Gasteiger partial charge on any atom is -0.304 e. The van der Waals surface area contributed by atoms with Crippen LogP contribution < -0.4 is 0 Å². The van der Waals surface area contributed by atoms with E-state index in [2.05, 4.69) is 21.8 Å². The average molecular weight is 356 g/mol. The van der Waals surface area contributed by atoms with Gasteiger partial charge in [-0.3, -0.25) is 14.7 Å². The Morgan fingerprint density at radius 3 is 2.32 bits per heavy atom. The van der Waals surface area contributed by atoms with Crippen LogP contribution in [0.15, 0.2) is 53.5 Å². The molecule has 0 atom stereocenters. The molecule has 0 saturated carbocycles. The van der Waals surface area contributed by atoms with Gasteiger partial charge in [-0.25, -0.2) is 0 Å². The molecule has 3 rings (SSSR count). The van der Waals surface area contributed by atoms with Gasteiger partial charge in [-0.1, -0.05) is 23.7 Å². The fourth-order valence-electron chi connectivity index (χ4n) is 2.73. The van der Waals surface area contributed by atoms with E-state index in [4.69, 9.17) is 11.6 Å². The van der Waals surface area contributed by atoms with Crippen LogP contribution in [-0.2, 0) is 0 Å². The fourth-order valence-corrected chi connectivity index (χ4v) is 2.86. The standard InChI is InChI=1S/C20H22ClN3O/c1-23-10-12-24(13-11-23)15-20(25)17-4-8-19(9-5-17)22-14-16-2-6-18(21)7-3-16/h2-9,14H,10-13,15H2,1H3. The van der Waals surface area contributed by atoms with Gasteiger partial charge in [0.2, 0.25) is 0 Å². The number of Topliss-reactive ketones (excluding diaryl/α,β-unsaturated/α-hetero) is 1. The number of rotatable bonds is 5. The summed E-state index contributed by atoms with van der Waals surface area (Å²) in [5, 5.41) is 0.709. The molecule has 0 N–H and O–H groups in total. The second-order valence-corrected chi connectivity index (χ2v) is 6.80. The highest BCUT2D eigenvalue weighted by molar-refractivity contribution is 6.30. The molecule has 0 bridgehead atoms. The van der Waals surface area contributed by atoms with Gasteiger partial charge < -0.3 is 4.90 Å². The zero-order valence-corrected chi connectivity index (χ0v) is 15.1. The van der Waals surface area contributed by atoms with Crippen molar-refractivity contribution in [1.29, 1.82) is 0 Å². The highest BCUT2D eigenvalue weighted by Gasteiger charge is 2.17. The Bertz CT molecular complexity index is 733. The molecule has 2 aromatic carbocycles. The van der Waals surface area contributed by atoms with E-state index < -0.39 is 0 Å². The molecule has 0 radical (unpaired) electrons. The number of carbonyl (C=O) groups is 1. The molecule has 0 amide bonds. The van der Waals surface area contributed by atoms with Gasteiger partial charge >= 0.3 is 0 Å². The van der Waals surface area contributed by atoms with Gasteiger partial charge in [0.25, 0.3) is 0 Å². The Labute approximate surface area is 153 Å². The third-order valence-electron chi connectivity index (χ3n) is 4.39. The van der Waals surface area contributed by atoms with Crippen LogP contribution in [-0.4, -0.2) is 61.6 Å². The van der Waals surface area contributed by atoms with Gasteiger partial charge in [0.15, 0.2) is 5.78 Å². The number of carbonyl (C=O) groups excluding carboxylic acids is 1. The van der Waals surface area contributed by atoms with Crippen LogP contribution in [0.2, 0.25) is 5.02 Å². The highest BCUT2D eigenvalue weighted by Crippen LogP contribution is 2.15. The van der Waals surface area contributed by atoms with Crippen molar-refractivity contribution in [3.63, 3.8) is 0 Å². The molecule has 1 heterocycles. The maximum Gasteiger partial charge on any atom is 0.176 e. The SMILES string of the molecule is CN1CCN(CC(=O)c2ccc(N=Cc3ccc(Cl)cc3)cc2)CC1. The van der Waals surface area contributed by atoms with Gasteiger partial charge in [0, 0.05) is 43.0 Å². The van der Waals surface area contributed by atoms with E-state index in [1.54, 1.807) is 6.21 Å². The summed E-state index contributed by atoms with van der Waals surface area (Å²) in [6.45, 7) is 4.43. The molecule has 5 heteroatoms. The Kier molecular flexibility index (Phi) is 5.97. The summed E-state index contributed by atoms with van der Waals surface area (Å²) < 4.78 is 0. The van der Waals surface area contributed by atoms with Crippen LogP contribution in [0.1, 0.15) is 15.9 Å². The second-order valence-electron chi connectivity index (χ2n) is 6.36. The van der Waals surface area contributed by atoms with Crippen LogP contribution in [0.5, 0.6) is 0 Å². The van der Waals surface area contributed by atoms with E-state index in [0.717, 1.165) is 43.0 Å². The topological polar surface area (TPSA) is 35.9 Å². The first-order valence-corrected chi connectivity index (χ1v) is 8.82. The van der Waals surface area contributed by atoms with Crippen molar-refractivity contribution >= 4 is 29.3 Å². The first kappa shape index (κ1) is 17.8. The summed E-state index contributed by atoms with van der Waals surface area (Å²) >= 11 is 5.87. The van der Waals surface area contributed by atoms with Gasteiger partial charge in [0.1, 0.15) is 0 Å². The van der Waals surface area contributed by atoms with E-state index in [0.29, 0.717) is 11.6 Å². The second kappa shape index (κ2) is 8.39. The van der Waals surface area contributed by atoms with Crippen LogP contribution in [0.3, 0.4) is 0 Å². The van der Waals surface area contributed by atoms with Gasteiger partial charge in [-0.05, 0) is 49.0 Å². The molecule has 130 valence electrons. The van der Waals surface area contributed by atoms with Crippen LogP contribution >= 0.6 is 11.6 Å². The maximum absolute atomic E-state index is 12.4. The molecule has 0 spiro atoms. The zero-order chi connectivity index (χ0) is 17.6. The summed E-state index contributed by atoms with van der Waals surface area (Å²) in [5.41, 5.74) is 2.55. The minimum absolute atomic E-state index is 0.165. The summed E-state index contributed by atoms with van der Waals surface area (Å²) in [4.78, 5) is 21.3. The monoisotopic (exact) mass is 355 g/mol. The zero-order valence-electron chi connectivity index (χ0n) is 14.4. The van der Waals surface area contributed by atoms with Crippen molar-refractivity contribution in [2.45, 2.75) is 0 Å². The maximum atomic E-state index is 12.4. The number of hydrogen-bond acceptors (Lipinski definition) is 4. The Morgan fingerprint density at radius 2 is 1.68 bits per heavy atom. The summed E-state index contributed by atoms with van der Waals surface area (Å²) in [7, 11) is 2.11. The number of aliphatic imine (C=N–C) groups is 1. The molecule has 4 nitrogen and oxygen atoms in total. The lowest BCUT2D eigenvalue weighted by molar-refractivity contribution is 0.0876. The normalized spacial score (nSPS) is 16.4. The number of nitrogens with zero attached hydrogens (tertiary/aromatic N) is 3. The lowest BCUT2D eigenvalue weighted by Crippen LogP contribution is -2.46. The number of ketones is 1. The van der Waals surface area contributed by atoms with Crippen LogP contribution in [0.25, 0.3) is 0 Å². The predicted molar refractivity (Wildman–Crippen MR) is 103 cm³/mol. The lowest BCUT2D eigenvalue weighted by Gasteiger charge is -2.31. The minimum atomic E-state index is 0.165. The van der Waals surface area contributed by atoms with Gasteiger partial charge in [-0.15, -0.1) is 0 Å². The molecule has 0 aromatic heterocycles. The molecule has 1 aliphatic heterocycles. The Hall–Kier alpha value is -2.01. The van der Waals surface area contributed by atoms with Crippen molar-refractivity contribution < 1.29 is 4.79 Å². The summed E-state index contributed by atoms with van der Waals surface area (Å²) in [6, 6.07) is 15.0. The molecule has 1 aliphatic rings. The Morgan fingerprint density at radius 1 is 1.04 bits per heavy atom. The molecule has 2 aromatic rings. The first-order valence-electron chi connectivity index (χ1n) is 8.44. The molecule has 25 heavy (non-hydrogen) atoms. The fraction of sp³-hybridized carbons (Fsp3) is 0.300. The van der Waals surface area contributed by atoms with Crippen molar-refractivity contribution in [3.05, 3.63) is 64.7 Å². The average Bonchev–Trinajstić information content (AvgIpc) is 2.63. The van der Waals surface area contributed by atoms with E-state index >= 15 is 0 Å². The van der Waals surface area contributed by atoms with Gasteiger partial charge in [0.05, 0.1) is 12.2 Å². The Balaban J connectivity index is 1.57. The van der Waals surface area contributed by atoms with Gasteiger partial charge in [-0.2, -0.15) is 0 Å². The van der Waals surface area contributed by atoms with E-state index in [1.807, 2.05) is 48.5 Å². The smallest absolute Gasteiger partial charge is 0.176 e. The molecular weight excluding hydrogens is 334 g/mol. The molecule has 1 saturated heterocycles. The van der Waals surface area contributed by atoms with Crippen molar-refractivity contribution in [2.75, 3.05) is 39.8 Å². The van der Waals surface area contributed by atoms with E-state index in [1.165, 1.54) is 0 Å². The predicted octanol–water partition coefficient (Wildman–Crippen LogP) is 3.52. The number of halogens is 1. The third kappa shape index (κ3) is 5.23. The van der Waals surface area contributed by atoms with Crippen molar-refractivity contribution in [3.8, 4) is 0 Å². The highest BCUT2D eigenvalue weighted by atomic mass is 35.5. The number of likely N-dealkylation sites (N-methyl/N-ethyl adjacent to an activating group) is 1. The number of benzene rings is 2. The van der Waals surface area contributed by atoms with E-state index in [9.17, 15) is 4.79 Å². The third-order valence-corrected chi connectivity index (χ3v) is 4.64.